The minimum Gasteiger partial charge on any atom is -0.496 e. The molecule has 0 aliphatic carbocycles. The second-order valence-corrected chi connectivity index (χ2v) is 7.12. The number of nitrogens with zero attached hydrogens (tertiary/aromatic N) is 2. The van der Waals surface area contributed by atoms with E-state index < -0.39 is 10.0 Å². The number of hydrogen-bond donors (Lipinski definition) is 1. The van der Waals surface area contributed by atoms with Gasteiger partial charge in [-0.2, -0.15) is 5.10 Å². The molecule has 2 rings (SSSR count). The molecule has 0 bridgehead atoms. The summed E-state index contributed by atoms with van der Waals surface area (Å²) >= 11 is 3.28. The molecular formula is C13H16BrN3O3S. The molecule has 114 valence electrons. The molecule has 0 amide bonds. The zero-order chi connectivity index (χ0) is 15.6. The number of nitrogens with one attached hydrogen (secondary N) is 1. The molecule has 0 spiro atoms. The van der Waals surface area contributed by atoms with Gasteiger partial charge in [0.2, 0.25) is 10.0 Å². The van der Waals surface area contributed by atoms with Gasteiger partial charge in [0.15, 0.2) is 0 Å². The predicted molar refractivity (Wildman–Crippen MR) is 82.7 cm³/mol. The SMILES string of the molecule is COc1ccc(S(=O)(=O)NCc2cnn(C)c2C)cc1Br. The lowest BCUT2D eigenvalue weighted by Gasteiger charge is -2.09. The van der Waals surface area contributed by atoms with Crippen molar-refractivity contribution < 1.29 is 13.2 Å². The number of aromatic nitrogens is 2. The van der Waals surface area contributed by atoms with Crippen LogP contribution in [0.15, 0.2) is 33.8 Å². The Morgan fingerprint density at radius 1 is 1.43 bits per heavy atom. The van der Waals surface area contributed by atoms with Crippen molar-refractivity contribution in [2.45, 2.75) is 18.4 Å². The highest BCUT2D eigenvalue weighted by atomic mass is 79.9. The highest BCUT2D eigenvalue weighted by molar-refractivity contribution is 9.10. The normalized spacial score (nSPS) is 11.6. The van der Waals surface area contributed by atoms with Gasteiger partial charge in [-0.1, -0.05) is 0 Å². The van der Waals surface area contributed by atoms with Crippen LogP contribution in [0.5, 0.6) is 5.75 Å². The van der Waals surface area contributed by atoms with Crippen molar-refractivity contribution in [2.75, 3.05) is 7.11 Å². The lowest BCUT2D eigenvalue weighted by Crippen LogP contribution is -2.23. The lowest BCUT2D eigenvalue weighted by molar-refractivity contribution is 0.411. The number of ether oxygens (including phenoxy) is 1. The predicted octanol–water partition coefficient (Wildman–Crippen LogP) is 1.98. The van der Waals surface area contributed by atoms with Gasteiger partial charge in [-0.05, 0) is 41.1 Å². The van der Waals surface area contributed by atoms with Gasteiger partial charge in [-0.15, -0.1) is 0 Å². The largest absolute Gasteiger partial charge is 0.496 e. The molecule has 2 aromatic rings. The van der Waals surface area contributed by atoms with Crippen LogP contribution in [0.2, 0.25) is 0 Å². The first-order valence-electron chi connectivity index (χ1n) is 6.16. The molecule has 1 heterocycles. The first-order chi connectivity index (χ1) is 9.85. The molecule has 0 aliphatic rings. The van der Waals surface area contributed by atoms with Crippen LogP contribution in [-0.2, 0) is 23.6 Å². The average molecular weight is 374 g/mol. The molecule has 6 nitrogen and oxygen atoms in total. The molecule has 1 aromatic carbocycles. The van der Waals surface area contributed by atoms with Crippen LogP contribution in [0.25, 0.3) is 0 Å². The fraction of sp³-hybridized carbons (Fsp3) is 0.308. The van der Waals surface area contributed by atoms with Crippen LogP contribution in [0.3, 0.4) is 0 Å². The third-order valence-corrected chi connectivity index (χ3v) is 5.24. The number of methoxy groups -OCH3 is 1. The van der Waals surface area contributed by atoms with E-state index in [-0.39, 0.29) is 11.4 Å². The van der Waals surface area contributed by atoms with E-state index in [2.05, 4.69) is 25.8 Å². The molecule has 0 radical (unpaired) electrons. The average Bonchev–Trinajstić information content (AvgIpc) is 2.76. The molecule has 1 N–H and O–H groups in total. The van der Waals surface area contributed by atoms with Crippen molar-refractivity contribution in [1.82, 2.24) is 14.5 Å². The first kappa shape index (κ1) is 16.0. The number of aryl methyl sites for hydroxylation is 1. The summed E-state index contributed by atoms with van der Waals surface area (Å²) in [7, 11) is -0.247. The van der Waals surface area contributed by atoms with Crippen LogP contribution < -0.4 is 9.46 Å². The van der Waals surface area contributed by atoms with Gasteiger partial charge >= 0.3 is 0 Å². The Morgan fingerprint density at radius 2 is 2.14 bits per heavy atom. The smallest absolute Gasteiger partial charge is 0.240 e. The second-order valence-electron chi connectivity index (χ2n) is 4.50. The fourth-order valence-electron chi connectivity index (χ4n) is 1.79. The number of hydrogen-bond acceptors (Lipinski definition) is 4. The zero-order valence-electron chi connectivity index (χ0n) is 11.9. The molecule has 0 unspecified atom stereocenters. The van der Waals surface area contributed by atoms with Gasteiger partial charge in [-0.3, -0.25) is 4.68 Å². The maximum Gasteiger partial charge on any atom is 0.240 e. The summed E-state index contributed by atoms with van der Waals surface area (Å²) in [5.74, 6) is 0.581. The van der Waals surface area contributed by atoms with Gasteiger partial charge in [0.25, 0.3) is 0 Å². The topological polar surface area (TPSA) is 73.2 Å². The maximum atomic E-state index is 12.3. The summed E-state index contributed by atoms with van der Waals surface area (Å²) in [6.07, 6.45) is 1.65. The lowest BCUT2D eigenvalue weighted by atomic mass is 10.3. The molecule has 0 fully saturated rings. The highest BCUT2D eigenvalue weighted by Crippen LogP contribution is 2.27. The minimum absolute atomic E-state index is 0.178. The van der Waals surface area contributed by atoms with Crippen LogP contribution in [0.4, 0.5) is 0 Å². The summed E-state index contributed by atoms with van der Waals surface area (Å²) < 4.78 is 34.5. The van der Waals surface area contributed by atoms with Crippen molar-refractivity contribution in [3.05, 3.63) is 40.1 Å². The standard InChI is InChI=1S/C13H16BrN3O3S/c1-9-10(7-15-17(9)2)8-16-21(18,19)11-4-5-13(20-3)12(14)6-11/h4-7,16H,8H2,1-3H3. The van der Waals surface area contributed by atoms with E-state index in [0.29, 0.717) is 10.2 Å². The van der Waals surface area contributed by atoms with E-state index in [1.165, 1.54) is 19.2 Å². The monoisotopic (exact) mass is 373 g/mol. The van der Waals surface area contributed by atoms with Crippen molar-refractivity contribution >= 4 is 26.0 Å². The molecule has 0 saturated carbocycles. The molecule has 0 atom stereocenters. The van der Waals surface area contributed by atoms with Gasteiger partial charge in [0.1, 0.15) is 5.75 Å². The molecule has 8 heteroatoms. The Kier molecular flexibility index (Phi) is 4.70. The molecule has 0 saturated heterocycles. The molecule has 0 aliphatic heterocycles. The minimum atomic E-state index is -3.59. The Bertz CT molecular complexity index is 756. The van der Waals surface area contributed by atoms with E-state index in [1.807, 2.05) is 14.0 Å². The Morgan fingerprint density at radius 3 is 2.67 bits per heavy atom. The highest BCUT2D eigenvalue weighted by Gasteiger charge is 2.16. The number of rotatable bonds is 5. The fourth-order valence-corrected chi connectivity index (χ4v) is 3.51. The quantitative estimate of drug-likeness (QED) is 0.869. The third kappa shape index (κ3) is 3.45. The Hall–Kier alpha value is -1.38. The summed E-state index contributed by atoms with van der Waals surface area (Å²) in [4.78, 5) is 0.178. The van der Waals surface area contributed by atoms with Crippen LogP contribution in [0, 0.1) is 6.92 Å². The molecular weight excluding hydrogens is 358 g/mol. The summed E-state index contributed by atoms with van der Waals surface area (Å²) in [6.45, 7) is 2.09. The number of halogens is 1. The first-order valence-corrected chi connectivity index (χ1v) is 8.43. The zero-order valence-corrected chi connectivity index (χ0v) is 14.3. The Labute approximate surface area is 132 Å². The van der Waals surface area contributed by atoms with E-state index in [4.69, 9.17) is 4.74 Å². The van der Waals surface area contributed by atoms with Crippen molar-refractivity contribution in [2.24, 2.45) is 7.05 Å². The summed E-state index contributed by atoms with van der Waals surface area (Å²) in [6, 6.07) is 4.62. The summed E-state index contributed by atoms with van der Waals surface area (Å²) in [5.41, 5.74) is 1.77. The second kappa shape index (κ2) is 6.17. The van der Waals surface area contributed by atoms with Gasteiger partial charge in [0, 0.05) is 24.8 Å². The van der Waals surface area contributed by atoms with Gasteiger partial charge in [-0.25, -0.2) is 13.1 Å². The van der Waals surface area contributed by atoms with E-state index >= 15 is 0 Å². The van der Waals surface area contributed by atoms with Crippen LogP contribution in [-0.4, -0.2) is 25.3 Å². The van der Waals surface area contributed by atoms with E-state index in [9.17, 15) is 8.42 Å². The van der Waals surface area contributed by atoms with Crippen molar-refractivity contribution in [3.8, 4) is 5.75 Å². The third-order valence-electron chi connectivity index (χ3n) is 3.22. The molecule has 1 aromatic heterocycles. The summed E-state index contributed by atoms with van der Waals surface area (Å²) in [5, 5.41) is 4.08. The Balaban J connectivity index is 2.19. The van der Waals surface area contributed by atoms with Crippen molar-refractivity contribution in [3.63, 3.8) is 0 Å². The van der Waals surface area contributed by atoms with E-state index in [0.717, 1.165) is 11.3 Å². The van der Waals surface area contributed by atoms with Gasteiger partial charge < -0.3 is 4.74 Å². The van der Waals surface area contributed by atoms with E-state index in [1.54, 1.807) is 16.9 Å². The van der Waals surface area contributed by atoms with Crippen LogP contribution >= 0.6 is 15.9 Å². The number of benzene rings is 1. The van der Waals surface area contributed by atoms with Crippen LogP contribution in [0.1, 0.15) is 11.3 Å². The molecule has 21 heavy (non-hydrogen) atoms. The maximum absolute atomic E-state index is 12.3. The van der Waals surface area contributed by atoms with Crippen molar-refractivity contribution in [1.29, 1.82) is 0 Å². The number of sulfonamides is 1. The van der Waals surface area contributed by atoms with Gasteiger partial charge in [0.05, 0.1) is 22.7 Å².